The number of nitrogens with zero attached hydrogens (tertiary/aromatic N) is 1. The van der Waals surface area contributed by atoms with Crippen LogP contribution in [0.3, 0.4) is 0 Å². The summed E-state index contributed by atoms with van der Waals surface area (Å²) in [5.74, 6) is 1.71. The smallest absolute Gasteiger partial charge is 0.222 e. The van der Waals surface area contributed by atoms with Crippen LogP contribution in [-0.4, -0.2) is 36.0 Å². The third kappa shape index (κ3) is 2.96. The van der Waals surface area contributed by atoms with E-state index in [1.165, 1.54) is 11.1 Å². The van der Waals surface area contributed by atoms with E-state index in [9.17, 15) is 4.79 Å². The van der Waals surface area contributed by atoms with E-state index in [-0.39, 0.29) is 0 Å². The largest absolute Gasteiger partial charge is 0.497 e. The Morgan fingerprint density at radius 2 is 2.09 bits per heavy atom. The maximum absolute atomic E-state index is 12.0. The summed E-state index contributed by atoms with van der Waals surface area (Å²) >= 11 is 0. The number of nitrogens with one attached hydrogen (secondary N) is 1. The standard InChI is InChI=1S/C18H24N2O2/c1-3-4-18(21)20-9-7-13(8-10-20)17-12-14-11-15(22-2)5-6-16(14)19-17/h5-6,11-13,19H,3-4,7-10H2,1-2H3. The van der Waals surface area contributed by atoms with Crippen LogP contribution in [-0.2, 0) is 4.79 Å². The molecule has 1 saturated heterocycles. The normalized spacial score (nSPS) is 16.2. The lowest BCUT2D eigenvalue weighted by molar-refractivity contribution is -0.132. The van der Waals surface area contributed by atoms with Gasteiger partial charge in [0, 0.05) is 42.0 Å². The Morgan fingerprint density at radius 3 is 2.77 bits per heavy atom. The Labute approximate surface area is 131 Å². The number of methoxy groups -OCH3 is 1. The molecule has 0 saturated carbocycles. The van der Waals surface area contributed by atoms with Crippen molar-refractivity contribution in [2.75, 3.05) is 20.2 Å². The number of piperidine rings is 1. The number of aromatic nitrogens is 1. The molecule has 1 fully saturated rings. The molecule has 1 aromatic heterocycles. The van der Waals surface area contributed by atoms with Gasteiger partial charge in [0.1, 0.15) is 5.75 Å². The molecule has 0 aliphatic carbocycles. The number of amides is 1. The number of hydrogen-bond acceptors (Lipinski definition) is 2. The Kier molecular flexibility index (Phi) is 4.36. The van der Waals surface area contributed by atoms with E-state index in [4.69, 9.17) is 4.74 Å². The minimum Gasteiger partial charge on any atom is -0.497 e. The van der Waals surface area contributed by atoms with E-state index < -0.39 is 0 Å². The highest BCUT2D eigenvalue weighted by Crippen LogP contribution is 2.31. The first-order valence-electron chi connectivity index (χ1n) is 8.15. The molecule has 2 heterocycles. The first-order chi connectivity index (χ1) is 10.7. The monoisotopic (exact) mass is 300 g/mol. The van der Waals surface area contributed by atoms with Crippen molar-refractivity contribution in [2.45, 2.75) is 38.5 Å². The first-order valence-corrected chi connectivity index (χ1v) is 8.15. The zero-order valence-electron chi connectivity index (χ0n) is 13.4. The molecule has 1 amide bonds. The average Bonchev–Trinajstić information content (AvgIpc) is 2.98. The van der Waals surface area contributed by atoms with Crippen molar-refractivity contribution in [1.29, 1.82) is 0 Å². The number of fused-ring (bicyclic) bond motifs is 1. The van der Waals surface area contributed by atoms with Crippen molar-refractivity contribution in [3.05, 3.63) is 30.0 Å². The van der Waals surface area contributed by atoms with Gasteiger partial charge in [-0.05, 0) is 43.5 Å². The predicted molar refractivity (Wildman–Crippen MR) is 88.3 cm³/mol. The van der Waals surface area contributed by atoms with Gasteiger partial charge in [0.15, 0.2) is 0 Å². The summed E-state index contributed by atoms with van der Waals surface area (Å²) < 4.78 is 5.28. The van der Waals surface area contributed by atoms with Crippen LogP contribution < -0.4 is 4.74 Å². The van der Waals surface area contributed by atoms with Crippen LogP contribution in [0.2, 0.25) is 0 Å². The quantitative estimate of drug-likeness (QED) is 0.936. The van der Waals surface area contributed by atoms with Gasteiger partial charge in [0.25, 0.3) is 0 Å². The van der Waals surface area contributed by atoms with Crippen LogP contribution in [0.5, 0.6) is 5.75 Å². The molecular formula is C18H24N2O2. The predicted octanol–water partition coefficient (Wildman–Crippen LogP) is 3.68. The van der Waals surface area contributed by atoms with Gasteiger partial charge in [-0.2, -0.15) is 0 Å². The van der Waals surface area contributed by atoms with Crippen LogP contribution in [0.15, 0.2) is 24.3 Å². The van der Waals surface area contributed by atoms with Gasteiger partial charge in [-0.3, -0.25) is 4.79 Å². The third-order valence-electron chi connectivity index (χ3n) is 4.60. The van der Waals surface area contributed by atoms with Crippen molar-refractivity contribution < 1.29 is 9.53 Å². The molecule has 0 unspecified atom stereocenters. The fourth-order valence-electron chi connectivity index (χ4n) is 3.29. The second-order valence-electron chi connectivity index (χ2n) is 6.08. The summed E-state index contributed by atoms with van der Waals surface area (Å²) in [6, 6.07) is 8.34. The second kappa shape index (κ2) is 6.42. The molecule has 4 heteroatoms. The van der Waals surface area contributed by atoms with E-state index in [0.717, 1.165) is 43.6 Å². The summed E-state index contributed by atoms with van der Waals surface area (Å²) in [5.41, 5.74) is 2.44. The topological polar surface area (TPSA) is 45.3 Å². The summed E-state index contributed by atoms with van der Waals surface area (Å²) in [5, 5.41) is 1.19. The fraction of sp³-hybridized carbons (Fsp3) is 0.500. The molecule has 22 heavy (non-hydrogen) atoms. The number of carbonyl (C=O) groups is 1. The Hall–Kier alpha value is -1.97. The van der Waals surface area contributed by atoms with E-state index in [1.54, 1.807) is 7.11 Å². The summed E-state index contributed by atoms with van der Waals surface area (Å²) in [6.45, 7) is 3.81. The van der Waals surface area contributed by atoms with E-state index in [0.29, 0.717) is 18.2 Å². The number of rotatable bonds is 4. The van der Waals surface area contributed by atoms with Crippen molar-refractivity contribution in [2.24, 2.45) is 0 Å². The fourth-order valence-corrected chi connectivity index (χ4v) is 3.29. The molecule has 0 bridgehead atoms. The molecule has 3 rings (SSSR count). The Bertz CT molecular complexity index is 654. The average molecular weight is 300 g/mol. The van der Waals surface area contributed by atoms with Crippen LogP contribution >= 0.6 is 0 Å². The number of hydrogen-bond donors (Lipinski definition) is 1. The van der Waals surface area contributed by atoms with Crippen molar-refractivity contribution in [3.8, 4) is 5.75 Å². The van der Waals surface area contributed by atoms with Crippen molar-refractivity contribution in [1.82, 2.24) is 9.88 Å². The highest BCUT2D eigenvalue weighted by Gasteiger charge is 2.24. The zero-order valence-corrected chi connectivity index (χ0v) is 13.4. The maximum Gasteiger partial charge on any atom is 0.222 e. The number of aromatic amines is 1. The van der Waals surface area contributed by atoms with E-state index in [2.05, 4.69) is 30.1 Å². The maximum atomic E-state index is 12.0. The van der Waals surface area contributed by atoms with Crippen molar-refractivity contribution in [3.63, 3.8) is 0 Å². The lowest BCUT2D eigenvalue weighted by Crippen LogP contribution is -2.37. The molecule has 1 N–H and O–H groups in total. The summed E-state index contributed by atoms with van der Waals surface area (Å²) in [6.07, 6.45) is 3.69. The Morgan fingerprint density at radius 1 is 1.32 bits per heavy atom. The molecule has 118 valence electrons. The Balaban J connectivity index is 1.69. The molecule has 1 aliphatic rings. The number of ether oxygens (including phenoxy) is 1. The number of likely N-dealkylation sites (tertiary alicyclic amines) is 1. The molecular weight excluding hydrogens is 276 g/mol. The number of H-pyrrole nitrogens is 1. The molecule has 4 nitrogen and oxygen atoms in total. The minimum atomic E-state index is 0.308. The first kappa shape index (κ1) is 14.9. The molecule has 0 spiro atoms. The van der Waals surface area contributed by atoms with Crippen LogP contribution in [0, 0.1) is 0 Å². The van der Waals surface area contributed by atoms with Gasteiger partial charge in [0.05, 0.1) is 7.11 Å². The summed E-state index contributed by atoms with van der Waals surface area (Å²) in [4.78, 5) is 17.5. The van der Waals surface area contributed by atoms with Gasteiger partial charge >= 0.3 is 0 Å². The van der Waals surface area contributed by atoms with Crippen LogP contribution in [0.1, 0.15) is 44.2 Å². The second-order valence-corrected chi connectivity index (χ2v) is 6.08. The number of carbonyl (C=O) groups excluding carboxylic acids is 1. The van der Waals surface area contributed by atoms with Gasteiger partial charge in [-0.1, -0.05) is 6.92 Å². The number of benzene rings is 1. The minimum absolute atomic E-state index is 0.308. The highest BCUT2D eigenvalue weighted by molar-refractivity contribution is 5.82. The van der Waals surface area contributed by atoms with Gasteiger partial charge in [0.2, 0.25) is 5.91 Å². The molecule has 2 aromatic rings. The molecule has 0 atom stereocenters. The highest BCUT2D eigenvalue weighted by atomic mass is 16.5. The molecule has 1 aliphatic heterocycles. The van der Waals surface area contributed by atoms with Crippen LogP contribution in [0.25, 0.3) is 10.9 Å². The van der Waals surface area contributed by atoms with Gasteiger partial charge in [-0.15, -0.1) is 0 Å². The third-order valence-corrected chi connectivity index (χ3v) is 4.60. The SMILES string of the molecule is CCCC(=O)N1CCC(c2cc3cc(OC)ccc3[nH]2)CC1. The van der Waals surface area contributed by atoms with Crippen molar-refractivity contribution >= 4 is 16.8 Å². The zero-order chi connectivity index (χ0) is 15.5. The lowest BCUT2D eigenvalue weighted by atomic mass is 9.93. The van der Waals surface area contributed by atoms with Gasteiger partial charge < -0.3 is 14.6 Å². The molecule has 1 aromatic carbocycles. The molecule has 0 radical (unpaired) electrons. The van der Waals surface area contributed by atoms with E-state index >= 15 is 0 Å². The van der Waals surface area contributed by atoms with E-state index in [1.807, 2.05) is 11.0 Å². The van der Waals surface area contributed by atoms with Crippen LogP contribution in [0.4, 0.5) is 0 Å². The van der Waals surface area contributed by atoms with Gasteiger partial charge in [-0.25, -0.2) is 0 Å². The lowest BCUT2D eigenvalue weighted by Gasteiger charge is -2.31. The summed E-state index contributed by atoms with van der Waals surface area (Å²) in [7, 11) is 1.69.